The van der Waals surface area contributed by atoms with Gasteiger partial charge < -0.3 is 15.0 Å². The molecule has 0 atom stereocenters. The van der Waals surface area contributed by atoms with E-state index in [2.05, 4.69) is 10.3 Å². The van der Waals surface area contributed by atoms with Gasteiger partial charge in [-0.2, -0.15) is 0 Å². The molecule has 0 aliphatic rings. The minimum absolute atomic E-state index is 0.0391. The largest absolute Gasteiger partial charge is 0.452 e. The third-order valence-electron chi connectivity index (χ3n) is 3.21. The summed E-state index contributed by atoms with van der Waals surface area (Å²) in [6.07, 6.45) is 0.811. The van der Waals surface area contributed by atoms with Crippen LogP contribution in [0.3, 0.4) is 0 Å². The Hall–Kier alpha value is -2.15. The van der Waals surface area contributed by atoms with Crippen molar-refractivity contribution in [1.29, 1.82) is 0 Å². The van der Waals surface area contributed by atoms with Gasteiger partial charge in [0.1, 0.15) is 5.15 Å². The van der Waals surface area contributed by atoms with Crippen molar-refractivity contribution >= 4 is 29.4 Å². The number of aryl methyl sites for hydroxylation is 2. The van der Waals surface area contributed by atoms with Crippen LogP contribution in [0, 0.1) is 13.8 Å². The molecule has 0 aliphatic heterocycles. The number of carbonyl (C=O) groups excluding carboxylic acids is 3. The first-order chi connectivity index (χ1) is 11.3. The first-order valence-electron chi connectivity index (χ1n) is 7.57. The highest BCUT2D eigenvalue weighted by Gasteiger charge is 2.20. The molecule has 0 aromatic carbocycles. The van der Waals surface area contributed by atoms with Crippen LogP contribution in [0.25, 0.3) is 0 Å². The fraction of sp³-hybridized carbons (Fsp3) is 0.500. The highest BCUT2D eigenvalue weighted by atomic mass is 35.5. The van der Waals surface area contributed by atoms with Gasteiger partial charge in [0.05, 0.1) is 12.1 Å². The van der Waals surface area contributed by atoms with Crippen LogP contribution in [0.4, 0.5) is 0 Å². The van der Waals surface area contributed by atoms with Crippen LogP contribution >= 0.6 is 11.6 Å². The normalized spacial score (nSPS) is 10.2. The summed E-state index contributed by atoms with van der Waals surface area (Å²) in [5.41, 5.74) is 1.44. The molecule has 2 amide bonds. The van der Waals surface area contributed by atoms with Crippen molar-refractivity contribution in [2.45, 2.75) is 27.2 Å². The zero-order chi connectivity index (χ0) is 18.3. The van der Waals surface area contributed by atoms with Gasteiger partial charge in [-0.25, -0.2) is 9.78 Å². The number of esters is 1. The SMILES string of the molecule is CCCNC(=O)CN(C)C(=O)COC(=O)c1c(C)cc(C)nc1Cl. The predicted octanol–water partition coefficient (Wildman–Crippen LogP) is 1.49. The first kappa shape index (κ1) is 19.9. The number of amides is 2. The Bertz CT molecular complexity index is 611. The van der Waals surface area contributed by atoms with E-state index in [1.54, 1.807) is 19.9 Å². The number of rotatable bonds is 7. The number of hydrogen-bond donors (Lipinski definition) is 1. The third kappa shape index (κ3) is 5.81. The van der Waals surface area contributed by atoms with Crippen LogP contribution < -0.4 is 5.32 Å². The summed E-state index contributed by atoms with van der Waals surface area (Å²) in [7, 11) is 1.47. The third-order valence-corrected chi connectivity index (χ3v) is 3.48. The number of nitrogens with zero attached hydrogens (tertiary/aromatic N) is 2. The molecule has 24 heavy (non-hydrogen) atoms. The van der Waals surface area contributed by atoms with Crippen LogP contribution in [-0.4, -0.2) is 54.4 Å². The van der Waals surface area contributed by atoms with Crippen LogP contribution in [0.5, 0.6) is 0 Å². The fourth-order valence-corrected chi connectivity index (χ4v) is 2.33. The Kier molecular flexibility index (Phi) is 7.64. The molecule has 1 aromatic rings. The maximum atomic E-state index is 12.1. The van der Waals surface area contributed by atoms with E-state index in [-0.39, 0.29) is 23.2 Å². The topological polar surface area (TPSA) is 88.6 Å². The Morgan fingerprint density at radius 3 is 2.58 bits per heavy atom. The molecule has 1 heterocycles. The lowest BCUT2D eigenvalue weighted by Crippen LogP contribution is -2.40. The van der Waals surface area contributed by atoms with Gasteiger partial charge in [-0.15, -0.1) is 0 Å². The lowest BCUT2D eigenvalue weighted by molar-refractivity contribution is -0.137. The van der Waals surface area contributed by atoms with Gasteiger partial charge in [0.2, 0.25) is 5.91 Å². The second-order valence-corrected chi connectivity index (χ2v) is 5.78. The predicted molar refractivity (Wildman–Crippen MR) is 89.9 cm³/mol. The summed E-state index contributed by atoms with van der Waals surface area (Å²) < 4.78 is 4.99. The Morgan fingerprint density at radius 2 is 2.00 bits per heavy atom. The van der Waals surface area contributed by atoms with Gasteiger partial charge in [-0.05, 0) is 31.9 Å². The first-order valence-corrected chi connectivity index (χ1v) is 7.95. The fourth-order valence-electron chi connectivity index (χ4n) is 1.97. The van der Waals surface area contributed by atoms with E-state index in [0.717, 1.165) is 6.42 Å². The van der Waals surface area contributed by atoms with Gasteiger partial charge in [-0.3, -0.25) is 9.59 Å². The minimum Gasteiger partial charge on any atom is -0.452 e. The number of nitrogens with one attached hydrogen (secondary N) is 1. The lowest BCUT2D eigenvalue weighted by Gasteiger charge is -2.17. The summed E-state index contributed by atoms with van der Waals surface area (Å²) >= 11 is 5.96. The molecule has 8 heteroatoms. The molecule has 0 radical (unpaired) electrons. The molecular formula is C16H22ClN3O4. The van der Waals surface area contributed by atoms with E-state index in [1.807, 2.05) is 6.92 Å². The van der Waals surface area contributed by atoms with Crippen LogP contribution in [0.15, 0.2) is 6.07 Å². The molecule has 1 aromatic heterocycles. The summed E-state index contributed by atoms with van der Waals surface area (Å²) in [4.78, 5) is 40.8. The highest BCUT2D eigenvalue weighted by molar-refractivity contribution is 6.32. The number of carbonyl (C=O) groups is 3. The van der Waals surface area contributed by atoms with E-state index in [0.29, 0.717) is 17.8 Å². The number of likely N-dealkylation sites (N-methyl/N-ethyl adjacent to an activating group) is 1. The van der Waals surface area contributed by atoms with E-state index in [1.165, 1.54) is 11.9 Å². The second kappa shape index (κ2) is 9.22. The molecule has 7 nitrogen and oxygen atoms in total. The molecule has 0 bridgehead atoms. The summed E-state index contributed by atoms with van der Waals surface area (Å²) in [5, 5.41) is 2.70. The van der Waals surface area contributed by atoms with E-state index in [4.69, 9.17) is 16.3 Å². The molecule has 0 aliphatic carbocycles. The molecule has 0 unspecified atom stereocenters. The smallest absolute Gasteiger partial charge is 0.342 e. The zero-order valence-corrected chi connectivity index (χ0v) is 15.1. The summed E-state index contributed by atoms with van der Waals surface area (Å²) in [5.74, 6) is -1.47. The average Bonchev–Trinajstić information content (AvgIpc) is 2.49. The summed E-state index contributed by atoms with van der Waals surface area (Å²) in [6, 6.07) is 1.70. The van der Waals surface area contributed by atoms with Gasteiger partial charge in [-0.1, -0.05) is 18.5 Å². The number of pyridine rings is 1. The summed E-state index contributed by atoms with van der Waals surface area (Å²) in [6.45, 7) is 5.39. The number of aromatic nitrogens is 1. The van der Waals surface area contributed by atoms with Crippen LogP contribution in [0.1, 0.15) is 35.0 Å². The standard InChI is InChI=1S/C16H22ClN3O4/c1-5-6-18-12(21)8-20(4)13(22)9-24-16(23)14-10(2)7-11(3)19-15(14)17/h7H,5-6,8-9H2,1-4H3,(H,18,21). The maximum Gasteiger partial charge on any atom is 0.342 e. The number of halogens is 1. The molecule has 132 valence electrons. The van der Waals surface area contributed by atoms with Crippen molar-refractivity contribution in [3.63, 3.8) is 0 Å². The Labute approximate surface area is 146 Å². The molecule has 0 saturated carbocycles. The molecule has 0 spiro atoms. The van der Waals surface area contributed by atoms with E-state index >= 15 is 0 Å². The molecule has 1 rings (SSSR count). The number of hydrogen-bond acceptors (Lipinski definition) is 5. The maximum absolute atomic E-state index is 12.1. The van der Waals surface area contributed by atoms with Crippen molar-refractivity contribution in [2.75, 3.05) is 26.7 Å². The quantitative estimate of drug-likeness (QED) is 0.591. The second-order valence-electron chi connectivity index (χ2n) is 5.42. The van der Waals surface area contributed by atoms with Gasteiger partial charge in [0, 0.05) is 19.3 Å². The number of ether oxygens (including phenoxy) is 1. The minimum atomic E-state index is -0.720. The molecule has 0 fully saturated rings. The Balaban J connectivity index is 2.58. The monoisotopic (exact) mass is 355 g/mol. The molecule has 0 saturated heterocycles. The average molecular weight is 356 g/mol. The van der Waals surface area contributed by atoms with Crippen LogP contribution in [-0.2, 0) is 14.3 Å². The van der Waals surface area contributed by atoms with Crippen molar-refractivity contribution in [3.05, 3.63) is 28.0 Å². The molecular weight excluding hydrogens is 334 g/mol. The molecule has 1 N–H and O–H groups in total. The Morgan fingerprint density at radius 1 is 1.33 bits per heavy atom. The van der Waals surface area contributed by atoms with Gasteiger partial charge in [0.25, 0.3) is 5.91 Å². The lowest BCUT2D eigenvalue weighted by atomic mass is 10.1. The van der Waals surface area contributed by atoms with Gasteiger partial charge >= 0.3 is 5.97 Å². The van der Waals surface area contributed by atoms with Crippen molar-refractivity contribution in [2.24, 2.45) is 0 Å². The van der Waals surface area contributed by atoms with Crippen molar-refractivity contribution in [1.82, 2.24) is 15.2 Å². The van der Waals surface area contributed by atoms with E-state index < -0.39 is 18.5 Å². The van der Waals surface area contributed by atoms with Gasteiger partial charge in [0.15, 0.2) is 6.61 Å². The van der Waals surface area contributed by atoms with Crippen LogP contribution in [0.2, 0.25) is 5.15 Å². The zero-order valence-electron chi connectivity index (χ0n) is 14.3. The van der Waals surface area contributed by atoms with Crippen molar-refractivity contribution in [3.8, 4) is 0 Å². The van der Waals surface area contributed by atoms with Crippen molar-refractivity contribution < 1.29 is 19.1 Å². The highest BCUT2D eigenvalue weighted by Crippen LogP contribution is 2.19. The van der Waals surface area contributed by atoms with E-state index in [9.17, 15) is 14.4 Å².